The first-order valence-electron chi connectivity index (χ1n) is 2.96. The Morgan fingerprint density at radius 2 is 2.30 bits per heavy atom. The number of amidine groups is 1. The zero-order valence-corrected chi connectivity index (χ0v) is 5.76. The molecule has 1 aromatic rings. The largest absolute Gasteiger partial charge is 0.384 e. The first-order chi connectivity index (χ1) is 4.70. The van der Waals surface area contributed by atoms with Gasteiger partial charge in [-0.1, -0.05) is 0 Å². The Bertz CT molecular complexity index is 255. The maximum absolute atomic E-state index is 7.07. The lowest BCUT2D eigenvalue weighted by atomic mass is 10.2. The zero-order chi connectivity index (χ0) is 7.56. The average molecular weight is 135 g/mol. The molecule has 0 saturated carbocycles. The van der Waals surface area contributed by atoms with Gasteiger partial charge in [0.15, 0.2) is 0 Å². The number of hydrogen-bond acceptors (Lipinski definition) is 2. The van der Waals surface area contributed by atoms with Crippen LogP contribution < -0.4 is 5.73 Å². The molecule has 0 atom stereocenters. The van der Waals surface area contributed by atoms with Gasteiger partial charge in [-0.15, -0.1) is 0 Å². The van der Waals surface area contributed by atoms with E-state index in [4.69, 9.17) is 11.1 Å². The molecular weight excluding hydrogens is 126 g/mol. The standard InChI is InChI=1S/C7H9N3/c1-5-2-6(7(8)9)4-10-3-5/h2-4H,1H3,(H3,8,9). The van der Waals surface area contributed by atoms with Crippen LogP contribution in [0, 0.1) is 12.3 Å². The van der Waals surface area contributed by atoms with Gasteiger partial charge in [-0.3, -0.25) is 10.4 Å². The molecular formula is C7H9N3. The molecule has 0 aliphatic heterocycles. The Morgan fingerprint density at radius 3 is 2.70 bits per heavy atom. The van der Waals surface area contributed by atoms with E-state index in [1.165, 1.54) is 0 Å². The number of hydrogen-bond donors (Lipinski definition) is 2. The van der Waals surface area contributed by atoms with Crippen molar-refractivity contribution >= 4 is 5.84 Å². The summed E-state index contributed by atoms with van der Waals surface area (Å²) in [6.45, 7) is 1.92. The monoisotopic (exact) mass is 135 g/mol. The van der Waals surface area contributed by atoms with Gasteiger partial charge >= 0.3 is 0 Å². The second-order valence-electron chi connectivity index (χ2n) is 2.16. The van der Waals surface area contributed by atoms with Crippen LogP contribution in [0.4, 0.5) is 0 Å². The lowest BCUT2D eigenvalue weighted by Crippen LogP contribution is -2.11. The summed E-state index contributed by atoms with van der Waals surface area (Å²) in [7, 11) is 0. The molecule has 0 amide bonds. The van der Waals surface area contributed by atoms with Crippen LogP contribution in [0.5, 0.6) is 0 Å². The van der Waals surface area contributed by atoms with Crippen molar-refractivity contribution in [2.24, 2.45) is 5.73 Å². The van der Waals surface area contributed by atoms with Crippen LogP contribution in [0.25, 0.3) is 0 Å². The van der Waals surface area contributed by atoms with Gasteiger partial charge in [-0.25, -0.2) is 0 Å². The molecule has 1 heterocycles. The van der Waals surface area contributed by atoms with E-state index in [2.05, 4.69) is 4.98 Å². The highest BCUT2D eigenvalue weighted by molar-refractivity contribution is 5.94. The van der Waals surface area contributed by atoms with Gasteiger partial charge in [-0.2, -0.15) is 0 Å². The highest BCUT2D eigenvalue weighted by atomic mass is 14.7. The van der Waals surface area contributed by atoms with E-state index in [0.717, 1.165) is 5.56 Å². The molecule has 3 heteroatoms. The molecule has 1 rings (SSSR count). The number of rotatable bonds is 1. The van der Waals surface area contributed by atoms with Crippen molar-refractivity contribution in [1.82, 2.24) is 4.98 Å². The number of nitrogen functional groups attached to an aromatic ring is 1. The summed E-state index contributed by atoms with van der Waals surface area (Å²) in [5, 5.41) is 7.07. The second-order valence-corrected chi connectivity index (χ2v) is 2.16. The van der Waals surface area contributed by atoms with Crippen LogP contribution in [-0.2, 0) is 0 Å². The molecule has 0 aliphatic rings. The van der Waals surface area contributed by atoms with E-state index in [9.17, 15) is 0 Å². The quantitative estimate of drug-likeness (QED) is 0.439. The van der Waals surface area contributed by atoms with Crippen LogP contribution >= 0.6 is 0 Å². The number of nitrogens with two attached hydrogens (primary N) is 1. The summed E-state index contributed by atoms with van der Waals surface area (Å²) in [6, 6.07) is 1.83. The Kier molecular flexibility index (Phi) is 1.67. The van der Waals surface area contributed by atoms with Gasteiger partial charge in [-0.05, 0) is 18.6 Å². The van der Waals surface area contributed by atoms with Crippen molar-refractivity contribution in [2.75, 3.05) is 0 Å². The van der Waals surface area contributed by atoms with Crippen LogP contribution in [0.1, 0.15) is 11.1 Å². The molecule has 52 valence electrons. The van der Waals surface area contributed by atoms with Crippen LogP contribution in [0.2, 0.25) is 0 Å². The lowest BCUT2D eigenvalue weighted by Gasteiger charge is -1.96. The maximum atomic E-state index is 7.07. The van der Waals surface area contributed by atoms with Gasteiger partial charge in [0.1, 0.15) is 5.84 Å². The summed E-state index contributed by atoms with van der Waals surface area (Å²) >= 11 is 0. The number of nitrogens with zero attached hydrogens (tertiary/aromatic N) is 1. The molecule has 0 fully saturated rings. The topological polar surface area (TPSA) is 62.8 Å². The third-order valence-corrected chi connectivity index (χ3v) is 1.19. The van der Waals surface area contributed by atoms with Gasteiger partial charge in [0.25, 0.3) is 0 Å². The smallest absolute Gasteiger partial charge is 0.124 e. The highest BCUT2D eigenvalue weighted by Crippen LogP contribution is 1.98. The molecule has 0 aromatic carbocycles. The molecule has 10 heavy (non-hydrogen) atoms. The molecule has 0 spiro atoms. The summed E-state index contributed by atoms with van der Waals surface area (Å²) in [5.41, 5.74) is 6.93. The second kappa shape index (κ2) is 2.47. The minimum atomic E-state index is 0.0659. The molecule has 1 aromatic heterocycles. The predicted octanol–water partition coefficient (Wildman–Crippen LogP) is 0.674. The summed E-state index contributed by atoms with van der Waals surface area (Å²) in [6.07, 6.45) is 3.31. The maximum Gasteiger partial charge on any atom is 0.124 e. The average Bonchev–Trinajstić information content (AvgIpc) is 1.88. The molecule has 0 radical (unpaired) electrons. The van der Waals surface area contributed by atoms with Gasteiger partial charge in [0.2, 0.25) is 0 Å². The molecule has 0 aliphatic carbocycles. The van der Waals surface area contributed by atoms with E-state index in [-0.39, 0.29) is 5.84 Å². The van der Waals surface area contributed by atoms with Crippen molar-refractivity contribution in [2.45, 2.75) is 6.92 Å². The number of aryl methyl sites for hydroxylation is 1. The van der Waals surface area contributed by atoms with Crippen LogP contribution in [0.15, 0.2) is 18.5 Å². The van der Waals surface area contributed by atoms with Crippen LogP contribution in [0.3, 0.4) is 0 Å². The van der Waals surface area contributed by atoms with Crippen molar-refractivity contribution < 1.29 is 0 Å². The van der Waals surface area contributed by atoms with E-state index >= 15 is 0 Å². The molecule has 3 N–H and O–H groups in total. The summed E-state index contributed by atoms with van der Waals surface area (Å²) in [4.78, 5) is 3.88. The third kappa shape index (κ3) is 1.31. The van der Waals surface area contributed by atoms with Crippen molar-refractivity contribution in [3.63, 3.8) is 0 Å². The molecule has 3 nitrogen and oxygen atoms in total. The normalized spacial score (nSPS) is 9.30. The van der Waals surface area contributed by atoms with Crippen molar-refractivity contribution in [3.8, 4) is 0 Å². The Labute approximate surface area is 59.4 Å². The minimum absolute atomic E-state index is 0.0659. The van der Waals surface area contributed by atoms with Crippen molar-refractivity contribution in [1.29, 1.82) is 5.41 Å². The van der Waals surface area contributed by atoms with Crippen molar-refractivity contribution in [3.05, 3.63) is 29.6 Å². The number of pyridine rings is 1. The summed E-state index contributed by atoms with van der Waals surface area (Å²) in [5.74, 6) is 0.0659. The van der Waals surface area contributed by atoms with Gasteiger partial charge < -0.3 is 5.73 Å². The summed E-state index contributed by atoms with van der Waals surface area (Å²) < 4.78 is 0. The van der Waals surface area contributed by atoms with E-state index in [1.807, 2.05) is 13.0 Å². The Morgan fingerprint density at radius 1 is 1.60 bits per heavy atom. The van der Waals surface area contributed by atoms with Gasteiger partial charge in [0.05, 0.1) is 0 Å². The first-order valence-corrected chi connectivity index (χ1v) is 2.96. The first kappa shape index (κ1) is 6.74. The highest BCUT2D eigenvalue weighted by Gasteiger charge is 1.94. The molecule has 0 saturated heterocycles. The number of aromatic nitrogens is 1. The SMILES string of the molecule is Cc1cncc(C(=N)N)c1. The fourth-order valence-corrected chi connectivity index (χ4v) is 0.702. The van der Waals surface area contributed by atoms with E-state index in [0.29, 0.717) is 5.56 Å². The third-order valence-electron chi connectivity index (χ3n) is 1.19. The number of nitrogens with one attached hydrogen (secondary N) is 1. The Hall–Kier alpha value is -1.38. The fourth-order valence-electron chi connectivity index (χ4n) is 0.702. The Balaban J connectivity index is 3.07. The zero-order valence-electron chi connectivity index (χ0n) is 5.76. The lowest BCUT2D eigenvalue weighted by molar-refractivity contribution is 1.24. The van der Waals surface area contributed by atoms with Gasteiger partial charge in [0, 0.05) is 18.0 Å². The van der Waals surface area contributed by atoms with E-state index in [1.54, 1.807) is 12.4 Å². The fraction of sp³-hybridized carbons (Fsp3) is 0.143. The van der Waals surface area contributed by atoms with Crippen LogP contribution in [-0.4, -0.2) is 10.8 Å². The van der Waals surface area contributed by atoms with E-state index < -0.39 is 0 Å². The molecule has 0 unspecified atom stereocenters. The minimum Gasteiger partial charge on any atom is -0.384 e. The molecule has 0 bridgehead atoms. The predicted molar refractivity (Wildman–Crippen MR) is 40.0 cm³/mol.